The molecule has 0 aromatic heterocycles. The Labute approximate surface area is 147 Å². The molecule has 3 rings (SSSR count). The highest BCUT2D eigenvalue weighted by Crippen LogP contribution is 2.32. The first-order chi connectivity index (χ1) is 11.5. The maximum absolute atomic E-state index is 12.4. The Morgan fingerprint density at radius 2 is 2.25 bits per heavy atom. The van der Waals surface area contributed by atoms with Gasteiger partial charge in [0.1, 0.15) is 0 Å². The van der Waals surface area contributed by atoms with Crippen LogP contribution in [-0.2, 0) is 16.0 Å². The Morgan fingerprint density at radius 1 is 1.46 bits per heavy atom. The number of amides is 1. The molecule has 6 heteroatoms. The van der Waals surface area contributed by atoms with Crippen LogP contribution in [-0.4, -0.2) is 36.1 Å². The monoisotopic (exact) mass is 341 g/mol. The molecule has 1 fully saturated rings. The Kier molecular flexibility index (Phi) is 4.54. The molecule has 5 nitrogen and oxygen atoms in total. The zero-order valence-corrected chi connectivity index (χ0v) is 14.7. The molecule has 1 amide bonds. The molecule has 1 aromatic carbocycles. The highest BCUT2D eigenvalue weighted by atomic mass is 32.1. The maximum Gasteiger partial charge on any atom is 0.297 e. The first kappa shape index (κ1) is 16.5. The Morgan fingerprint density at radius 3 is 3.00 bits per heavy atom. The summed E-state index contributed by atoms with van der Waals surface area (Å²) in [5, 5.41) is 8.80. The lowest BCUT2D eigenvalue weighted by atomic mass is 9.95. The number of anilines is 1. The summed E-state index contributed by atoms with van der Waals surface area (Å²) in [5.41, 5.74) is 4.71. The molecule has 0 aliphatic carbocycles. The van der Waals surface area contributed by atoms with E-state index in [2.05, 4.69) is 31.0 Å². The van der Waals surface area contributed by atoms with Gasteiger partial charge in [-0.2, -0.15) is 5.26 Å². The molecular weight excluding hydrogens is 322 g/mol. The summed E-state index contributed by atoms with van der Waals surface area (Å²) in [7, 11) is 2.11. The summed E-state index contributed by atoms with van der Waals surface area (Å²) in [6, 6.07) is 6.19. The van der Waals surface area contributed by atoms with E-state index in [4.69, 9.17) is 22.2 Å². The lowest BCUT2D eigenvalue weighted by molar-refractivity contribution is -0.122. The van der Waals surface area contributed by atoms with Gasteiger partial charge in [0.15, 0.2) is 5.76 Å². The van der Waals surface area contributed by atoms with Crippen molar-refractivity contribution in [3.63, 3.8) is 0 Å². The van der Waals surface area contributed by atoms with Gasteiger partial charge in [-0.1, -0.05) is 0 Å². The number of benzene rings is 1. The fraction of sp³-hybridized carbons (Fsp3) is 0.389. The maximum atomic E-state index is 12.4. The number of fused-ring (bicyclic) bond motifs is 1. The Hall–Kier alpha value is -2.39. The molecule has 0 spiro atoms. The third kappa shape index (κ3) is 3.00. The zero-order chi connectivity index (χ0) is 17.3. The van der Waals surface area contributed by atoms with Crippen LogP contribution < -0.4 is 4.90 Å². The molecule has 2 aliphatic rings. The third-order valence-corrected chi connectivity index (χ3v) is 4.65. The molecule has 0 unspecified atom stereocenters. The number of rotatable bonds is 3. The molecule has 0 atom stereocenters. The molecule has 0 bridgehead atoms. The first-order valence-corrected chi connectivity index (χ1v) is 8.39. The van der Waals surface area contributed by atoms with E-state index in [0.717, 1.165) is 24.9 Å². The van der Waals surface area contributed by atoms with Crippen molar-refractivity contribution in [2.45, 2.75) is 26.2 Å². The van der Waals surface area contributed by atoms with E-state index < -0.39 is 0 Å². The first-order valence-electron chi connectivity index (χ1n) is 7.98. The van der Waals surface area contributed by atoms with Crippen LogP contribution in [0.25, 0.3) is 6.08 Å². The quantitative estimate of drug-likeness (QED) is 0.625. The van der Waals surface area contributed by atoms with Crippen molar-refractivity contribution in [1.29, 1.82) is 5.26 Å². The van der Waals surface area contributed by atoms with Crippen LogP contribution in [0.3, 0.4) is 0 Å². The van der Waals surface area contributed by atoms with Gasteiger partial charge in [0.25, 0.3) is 11.1 Å². The van der Waals surface area contributed by atoms with Crippen molar-refractivity contribution >= 4 is 35.1 Å². The van der Waals surface area contributed by atoms with Gasteiger partial charge >= 0.3 is 0 Å². The van der Waals surface area contributed by atoms with Crippen molar-refractivity contribution in [3.05, 3.63) is 34.6 Å². The topological polar surface area (TPSA) is 56.6 Å². The van der Waals surface area contributed by atoms with Crippen LogP contribution in [0.1, 0.15) is 29.5 Å². The summed E-state index contributed by atoms with van der Waals surface area (Å²) in [6.07, 6.45) is 4.14. The van der Waals surface area contributed by atoms with Crippen molar-refractivity contribution < 1.29 is 9.53 Å². The van der Waals surface area contributed by atoms with E-state index in [-0.39, 0.29) is 29.8 Å². The van der Waals surface area contributed by atoms with Crippen molar-refractivity contribution in [2.24, 2.45) is 0 Å². The predicted octanol–water partition coefficient (Wildman–Crippen LogP) is 2.78. The molecular formula is C18H19N3O2S. The second-order valence-corrected chi connectivity index (χ2v) is 6.46. The van der Waals surface area contributed by atoms with Gasteiger partial charge < -0.3 is 9.64 Å². The average Bonchev–Trinajstić information content (AvgIpc) is 2.79. The predicted molar refractivity (Wildman–Crippen MR) is 96.4 cm³/mol. The van der Waals surface area contributed by atoms with Gasteiger partial charge in [-0.15, -0.1) is 0 Å². The molecule has 0 radical (unpaired) electrons. The summed E-state index contributed by atoms with van der Waals surface area (Å²) in [6.45, 7) is 3.42. The molecule has 2 heterocycles. The van der Waals surface area contributed by atoms with Gasteiger partial charge in [0, 0.05) is 25.8 Å². The standard InChI is InChI=1S/C18H19N3O2S/c1-12-9-13(10-14-5-3-7-20(2)16(12)14)11-15-17(22)21(8-4-6-19)18(24)23-15/h9-11H,3-5,7-8H2,1-2H3/b15-11+. The van der Waals surface area contributed by atoms with E-state index in [9.17, 15) is 4.79 Å². The van der Waals surface area contributed by atoms with Gasteiger partial charge in [0.2, 0.25) is 0 Å². The highest BCUT2D eigenvalue weighted by Gasteiger charge is 2.33. The van der Waals surface area contributed by atoms with Gasteiger partial charge in [0.05, 0.1) is 12.5 Å². The van der Waals surface area contributed by atoms with E-state index in [1.54, 1.807) is 6.08 Å². The van der Waals surface area contributed by atoms with Crippen molar-refractivity contribution in [2.75, 3.05) is 25.0 Å². The minimum atomic E-state index is -0.275. The van der Waals surface area contributed by atoms with Crippen LogP contribution >= 0.6 is 12.2 Å². The number of hydrogen-bond acceptors (Lipinski definition) is 5. The summed E-state index contributed by atoms with van der Waals surface area (Å²) in [4.78, 5) is 16.0. The average molecular weight is 341 g/mol. The van der Waals surface area contributed by atoms with Crippen LogP contribution in [0, 0.1) is 18.3 Å². The second-order valence-electron chi connectivity index (χ2n) is 6.11. The number of nitriles is 1. The van der Waals surface area contributed by atoms with E-state index >= 15 is 0 Å². The number of thiocarbonyl (C=S) groups is 1. The molecule has 0 N–H and O–H groups in total. The van der Waals surface area contributed by atoms with Crippen LogP contribution in [0.15, 0.2) is 17.9 Å². The number of carbonyl (C=O) groups excluding carboxylic acids is 1. The van der Waals surface area contributed by atoms with Crippen LogP contribution in [0.5, 0.6) is 0 Å². The lowest BCUT2D eigenvalue weighted by Crippen LogP contribution is -2.29. The molecule has 1 aromatic rings. The second kappa shape index (κ2) is 6.62. The van der Waals surface area contributed by atoms with E-state index in [1.165, 1.54) is 21.7 Å². The van der Waals surface area contributed by atoms with E-state index in [0.29, 0.717) is 0 Å². The number of aryl methyl sites for hydroxylation is 2. The Balaban J connectivity index is 1.90. The normalized spacial score (nSPS) is 18.6. The molecule has 1 saturated heterocycles. The van der Waals surface area contributed by atoms with Crippen LogP contribution in [0.2, 0.25) is 0 Å². The smallest absolute Gasteiger partial charge is 0.297 e. The fourth-order valence-corrected chi connectivity index (χ4v) is 3.59. The minimum absolute atomic E-state index is 0.121. The SMILES string of the molecule is Cc1cc(/C=C2/OC(=S)N(CCC#N)C2=O)cc2c1N(C)CCC2. The number of hydrogen-bond donors (Lipinski definition) is 0. The summed E-state index contributed by atoms with van der Waals surface area (Å²) < 4.78 is 5.44. The number of ether oxygens (including phenoxy) is 1. The summed E-state index contributed by atoms with van der Waals surface area (Å²) in [5.74, 6) is -0.0517. The summed E-state index contributed by atoms with van der Waals surface area (Å²) >= 11 is 5.09. The Bertz CT molecular complexity index is 779. The highest BCUT2D eigenvalue weighted by molar-refractivity contribution is 7.80. The third-order valence-electron chi connectivity index (χ3n) is 4.34. The molecule has 2 aliphatic heterocycles. The van der Waals surface area contributed by atoms with Gasteiger partial charge in [-0.3, -0.25) is 9.69 Å². The molecule has 0 saturated carbocycles. The molecule has 124 valence electrons. The molecule has 24 heavy (non-hydrogen) atoms. The number of carbonyl (C=O) groups is 1. The van der Waals surface area contributed by atoms with Crippen molar-refractivity contribution in [3.8, 4) is 6.07 Å². The van der Waals surface area contributed by atoms with Gasteiger partial charge in [-0.05, 0) is 66.9 Å². The minimum Gasteiger partial charge on any atom is -0.426 e. The van der Waals surface area contributed by atoms with Crippen molar-refractivity contribution in [1.82, 2.24) is 4.90 Å². The largest absolute Gasteiger partial charge is 0.426 e. The zero-order valence-electron chi connectivity index (χ0n) is 13.8. The lowest BCUT2D eigenvalue weighted by Gasteiger charge is -2.29. The fourth-order valence-electron chi connectivity index (χ4n) is 3.33. The number of nitrogens with zero attached hydrogens (tertiary/aromatic N) is 3. The van der Waals surface area contributed by atoms with E-state index in [1.807, 2.05) is 6.07 Å². The van der Waals surface area contributed by atoms with Gasteiger partial charge in [-0.25, -0.2) is 0 Å². The van der Waals surface area contributed by atoms with Crippen LogP contribution in [0.4, 0.5) is 5.69 Å².